The highest BCUT2D eigenvalue weighted by molar-refractivity contribution is 9.10. The average molecular weight is 223 g/mol. The van der Waals surface area contributed by atoms with Crippen LogP contribution < -0.4 is 4.74 Å². The molecule has 1 heterocycles. The molecule has 0 aliphatic carbocycles. The van der Waals surface area contributed by atoms with Crippen molar-refractivity contribution in [2.75, 3.05) is 7.11 Å². The fourth-order valence-corrected chi connectivity index (χ4v) is 1.05. The summed E-state index contributed by atoms with van der Waals surface area (Å²) in [7, 11) is 1.51. The Morgan fingerprint density at radius 1 is 1.70 bits per heavy atom. The normalized spacial score (nSPS) is 9.50. The van der Waals surface area contributed by atoms with E-state index < -0.39 is 0 Å². The average Bonchev–Trinajstić information content (AvgIpc) is 1.88. The van der Waals surface area contributed by atoms with E-state index in [0.717, 1.165) is 0 Å². The second kappa shape index (κ2) is 3.16. The lowest BCUT2D eigenvalue weighted by atomic mass is 10.6. The fourth-order valence-electron chi connectivity index (χ4n) is 0.467. The van der Waals surface area contributed by atoms with Crippen molar-refractivity contribution in [1.82, 2.24) is 9.97 Å². The molecular weight excluding hydrogens is 219 g/mol. The van der Waals surface area contributed by atoms with Gasteiger partial charge in [0.05, 0.1) is 13.3 Å². The monoisotopic (exact) mass is 222 g/mol. The molecule has 0 bridgehead atoms. The largest absolute Gasteiger partial charge is 0.492 e. The third-order valence-electron chi connectivity index (χ3n) is 0.902. The van der Waals surface area contributed by atoms with Gasteiger partial charge in [0.2, 0.25) is 0 Å². The predicted molar refractivity (Wildman–Crippen MR) is 41.3 cm³/mol. The summed E-state index contributed by atoms with van der Waals surface area (Å²) in [5.41, 5.74) is 0. The Morgan fingerprint density at radius 2 is 2.40 bits per heavy atom. The molecule has 10 heavy (non-hydrogen) atoms. The smallest absolute Gasteiger partial charge is 0.198 e. The molecule has 0 saturated carbocycles. The number of rotatable bonds is 1. The Labute approximate surface area is 71.5 Å². The Bertz CT molecular complexity index is 243. The first-order valence-corrected chi connectivity index (χ1v) is 3.63. The molecule has 0 saturated heterocycles. The maximum Gasteiger partial charge on any atom is 0.198 e. The summed E-state index contributed by atoms with van der Waals surface area (Å²) in [6.45, 7) is 0. The number of aromatic nitrogens is 2. The minimum atomic E-state index is 0.310. The van der Waals surface area contributed by atoms with Crippen molar-refractivity contribution in [3.05, 3.63) is 16.1 Å². The van der Waals surface area contributed by atoms with Gasteiger partial charge < -0.3 is 4.74 Å². The van der Waals surface area contributed by atoms with Crippen LogP contribution in [-0.4, -0.2) is 17.1 Å². The van der Waals surface area contributed by atoms with Gasteiger partial charge in [-0.25, -0.2) is 9.97 Å². The second-order valence-corrected chi connectivity index (χ2v) is 2.57. The first kappa shape index (κ1) is 7.75. The van der Waals surface area contributed by atoms with E-state index in [4.69, 9.17) is 16.3 Å². The van der Waals surface area contributed by atoms with Crippen molar-refractivity contribution in [3.63, 3.8) is 0 Å². The molecule has 0 amide bonds. The zero-order valence-corrected chi connectivity index (χ0v) is 7.48. The van der Waals surface area contributed by atoms with E-state index in [9.17, 15) is 0 Å². The Hall–Kier alpha value is -0.350. The van der Waals surface area contributed by atoms with Gasteiger partial charge in [-0.05, 0) is 15.9 Å². The van der Waals surface area contributed by atoms with Crippen LogP contribution in [0.2, 0.25) is 5.15 Å². The summed E-state index contributed by atoms with van der Waals surface area (Å²) in [6, 6.07) is 0. The van der Waals surface area contributed by atoms with Gasteiger partial charge in [0.1, 0.15) is 0 Å². The molecule has 1 aromatic heterocycles. The lowest BCUT2D eigenvalue weighted by molar-refractivity contribution is 0.410. The number of hydrogen-bond donors (Lipinski definition) is 0. The lowest BCUT2D eigenvalue weighted by Crippen LogP contribution is -1.89. The number of hydrogen-bond acceptors (Lipinski definition) is 3. The molecule has 0 spiro atoms. The van der Waals surface area contributed by atoms with Crippen LogP contribution in [0.3, 0.4) is 0 Å². The summed E-state index contributed by atoms with van der Waals surface area (Å²) in [5.74, 6) is 0.477. The maximum atomic E-state index is 5.62. The van der Waals surface area contributed by atoms with Crippen LogP contribution >= 0.6 is 27.5 Å². The molecule has 1 aromatic rings. The predicted octanol–water partition coefficient (Wildman–Crippen LogP) is 1.90. The van der Waals surface area contributed by atoms with Crippen LogP contribution in [-0.2, 0) is 0 Å². The summed E-state index contributed by atoms with van der Waals surface area (Å²) < 4.78 is 5.28. The van der Waals surface area contributed by atoms with E-state index in [-0.39, 0.29) is 0 Å². The molecule has 0 atom stereocenters. The van der Waals surface area contributed by atoms with Crippen LogP contribution in [0, 0.1) is 0 Å². The van der Waals surface area contributed by atoms with Crippen LogP contribution in [0.1, 0.15) is 0 Å². The van der Waals surface area contributed by atoms with Crippen molar-refractivity contribution in [1.29, 1.82) is 0 Å². The van der Waals surface area contributed by atoms with Gasteiger partial charge >= 0.3 is 0 Å². The molecule has 1 rings (SSSR count). The van der Waals surface area contributed by atoms with Gasteiger partial charge in [0.15, 0.2) is 15.6 Å². The van der Waals surface area contributed by atoms with Gasteiger partial charge in [0.25, 0.3) is 0 Å². The zero-order valence-electron chi connectivity index (χ0n) is 5.14. The number of methoxy groups -OCH3 is 1. The van der Waals surface area contributed by atoms with Gasteiger partial charge in [-0.2, -0.15) is 0 Å². The highest BCUT2D eigenvalue weighted by Gasteiger charge is 2.01. The first-order chi connectivity index (χ1) is 4.74. The standard InChI is InChI=1S/C5H4BrClN2O/c1-10-3-2-8-5(6)9-4(3)7/h2H,1H3. The van der Waals surface area contributed by atoms with Crippen molar-refractivity contribution < 1.29 is 4.74 Å². The van der Waals surface area contributed by atoms with Crippen LogP contribution in [0.4, 0.5) is 0 Å². The molecule has 5 heteroatoms. The SMILES string of the molecule is COc1cnc(Br)nc1Cl. The van der Waals surface area contributed by atoms with E-state index >= 15 is 0 Å². The number of ether oxygens (including phenoxy) is 1. The minimum Gasteiger partial charge on any atom is -0.492 e. The summed E-state index contributed by atoms with van der Waals surface area (Å²) >= 11 is 8.69. The Morgan fingerprint density at radius 3 is 2.90 bits per heavy atom. The quantitative estimate of drug-likeness (QED) is 0.539. The summed E-state index contributed by atoms with van der Waals surface area (Å²) in [6.07, 6.45) is 1.50. The molecule has 0 aliphatic rings. The van der Waals surface area contributed by atoms with E-state index in [2.05, 4.69) is 25.9 Å². The highest BCUT2D eigenvalue weighted by atomic mass is 79.9. The van der Waals surface area contributed by atoms with E-state index in [0.29, 0.717) is 15.6 Å². The molecule has 0 aliphatic heterocycles. The molecule has 54 valence electrons. The van der Waals surface area contributed by atoms with Crippen molar-refractivity contribution in [2.45, 2.75) is 0 Å². The van der Waals surface area contributed by atoms with Gasteiger partial charge in [0, 0.05) is 0 Å². The van der Waals surface area contributed by atoms with Crippen molar-refractivity contribution in [2.24, 2.45) is 0 Å². The van der Waals surface area contributed by atoms with Crippen molar-refractivity contribution >= 4 is 27.5 Å². The third-order valence-corrected chi connectivity index (χ3v) is 1.55. The topological polar surface area (TPSA) is 35.0 Å². The Kier molecular flexibility index (Phi) is 2.45. The first-order valence-electron chi connectivity index (χ1n) is 2.46. The molecule has 3 nitrogen and oxygen atoms in total. The summed E-state index contributed by atoms with van der Waals surface area (Å²) in [4.78, 5) is 7.60. The Balaban J connectivity index is 3.07. The second-order valence-electron chi connectivity index (χ2n) is 1.50. The minimum absolute atomic E-state index is 0.310. The molecule has 0 fully saturated rings. The number of halogens is 2. The maximum absolute atomic E-state index is 5.62. The molecule has 0 N–H and O–H groups in total. The third kappa shape index (κ3) is 1.58. The van der Waals surface area contributed by atoms with Crippen LogP contribution in [0.15, 0.2) is 10.9 Å². The summed E-state index contributed by atoms with van der Waals surface area (Å²) in [5, 5.41) is 0.310. The highest BCUT2D eigenvalue weighted by Crippen LogP contribution is 2.20. The van der Waals surface area contributed by atoms with Crippen molar-refractivity contribution in [3.8, 4) is 5.75 Å². The van der Waals surface area contributed by atoms with Gasteiger partial charge in [-0.1, -0.05) is 11.6 Å². The zero-order chi connectivity index (χ0) is 7.56. The van der Waals surface area contributed by atoms with Gasteiger partial charge in [-0.3, -0.25) is 0 Å². The van der Waals surface area contributed by atoms with E-state index in [1.54, 1.807) is 0 Å². The van der Waals surface area contributed by atoms with E-state index in [1.807, 2.05) is 0 Å². The molecular formula is C5H4BrClN2O. The number of nitrogens with zero attached hydrogens (tertiary/aromatic N) is 2. The fraction of sp³-hybridized carbons (Fsp3) is 0.200. The van der Waals surface area contributed by atoms with Crippen LogP contribution in [0.25, 0.3) is 0 Å². The molecule has 0 aromatic carbocycles. The van der Waals surface area contributed by atoms with Crippen LogP contribution in [0.5, 0.6) is 5.75 Å². The molecule has 0 radical (unpaired) electrons. The molecule has 0 unspecified atom stereocenters. The van der Waals surface area contributed by atoms with E-state index in [1.165, 1.54) is 13.3 Å². The lowest BCUT2D eigenvalue weighted by Gasteiger charge is -1.98. The van der Waals surface area contributed by atoms with Gasteiger partial charge in [-0.15, -0.1) is 0 Å².